The summed E-state index contributed by atoms with van der Waals surface area (Å²) in [5.74, 6) is 0. The molecule has 0 bridgehead atoms. The average Bonchev–Trinajstić information content (AvgIpc) is 2.80. The van der Waals surface area contributed by atoms with E-state index in [0.717, 1.165) is 21.0 Å². The van der Waals surface area contributed by atoms with Gasteiger partial charge >= 0.3 is 0 Å². The zero-order chi connectivity index (χ0) is 12.3. The maximum absolute atomic E-state index is 9.03. The predicted octanol–water partition coefficient (Wildman–Crippen LogP) is 1.42. The Morgan fingerprint density at radius 1 is 1.29 bits per heavy atom. The molecule has 0 fully saturated rings. The molecule has 17 heavy (non-hydrogen) atoms. The number of nitrogens with two attached hydrogens (primary N) is 1. The molecular weight excluding hydrogens is 236 g/mol. The monoisotopic (exact) mass is 250 g/mol. The second kappa shape index (κ2) is 5.27. The molecule has 0 amide bonds. The topological polar surface area (TPSA) is 79.4 Å². The summed E-state index contributed by atoms with van der Waals surface area (Å²) in [4.78, 5) is 5.08. The largest absolute Gasteiger partial charge is 0.399 e. The minimum Gasteiger partial charge on any atom is -0.399 e. The Hall–Kier alpha value is -1.43. The summed E-state index contributed by atoms with van der Waals surface area (Å²) in [5, 5.41) is 18.9. The van der Waals surface area contributed by atoms with Gasteiger partial charge in [0, 0.05) is 24.1 Å². The summed E-state index contributed by atoms with van der Waals surface area (Å²) in [6.07, 6.45) is 2.23. The minimum atomic E-state index is -0.00465. The SMILES string of the molecule is Nc1ccc(CCO)c(-c2ncc(CO)s2)c1. The number of anilines is 1. The molecular formula is C12H14N2O2S. The molecule has 1 heterocycles. The van der Waals surface area contributed by atoms with Crippen LogP contribution in [0, 0.1) is 0 Å². The van der Waals surface area contributed by atoms with E-state index in [1.807, 2.05) is 18.2 Å². The highest BCUT2D eigenvalue weighted by Crippen LogP contribution is 2.30. The maximum atomic E-state index is 9.03. The molecule has 1 aromatic carbocycles. The first kappa shape index (κ1) is 12.0. The third-order valence-electron chi connectivity index (χ3n) is 2.45. The fraction of sp³-hybridized carbons (Fsp3) is 0.250. The van der Waals surface area contributed by atoms with Gasteiger partial charge in [-0.25, -0.2) is 4.98 Å². The van der Waals surface area contributed by atoms with Gasteiger partial charge in [-0.3, -0.25) is 0 Å². The van der Waals surface area contributed by atoms with Gasteiger partial charge in [-0.05, 0) is 24.1 Å². The van der Waals surface area contributed by atoms with Crippen molar-refractivity contribution in [3.05, 3.63) is 34.8 Å². The number of benzene rings is 1. The van der Waals surface area contributed by atoms with E-state index in [0.29, 0.717) is 12.1 Å². The van der Waals surface area contributed by atoms with Gasteiger partial charge in [-0.2, -0.15) is 0 Å². The number of hydrogen-bond donors (Lipinski definition) is 3. The Labute approximate surface area is 103 Å². The van der Waals surface area contributed by atoms with Gasteiger partial charge in [-0.1, -0.05) is 6.07 Å². The summed E-state index contributed by atoms with van der Waals surface area (Å²) in [6, 6.07) is 5.57. The van der Waals surface area contributed by atoms with E-state index in [1.54, 1.807) is 6.20 Å². The highest BCUT2D eigenvalue weighted by atomic mass is 32.1. The maximum Gasteiger partial charge on any atom is 0.123 e. The van der Waals surface area contributed by atoms with Gasteiger partial charge in [0.15, 0.2) is 0 Å². The van der Waals surface area contributed by atoms with Crippen LogP contribution in [-0.4, -0.2) is 21.8 Å². The zero-order valence-corrected chi connectivity index (χ0v) is 10.1. The van der Waals surface area contributed by atoms with Crippen molar-refractivity contribution in [2.24, 2.45) is 0 Å². The van der Waals surface area contributed by atoms with E-state index in [2.05, 4.69) is 4.98 Å². The molecule has 0 spiro atoms. The molecule has 2 aromatic rings. The fourth-order valence-electron chi connectivity index (χ4n) is 1.64. The van der Waals surface area contributed by atoms with E-state index in [4.69, 9.17) is 15.9 Å². The van der Waals surface area contributed by atoms with Crippen molar-refractivity contribution in [2.45, 2.75) is 13.0 Å². The molecule has 0 unspecified atom stereocenters. The van der Waals surface area contributed by atoms with E-state index in [1.165, 1.54) is 11.3 Å². The number of aliphatic hydroxyl groups excluding tert-OH is 2. The number of nitrogen functional groups attached to an aromatic ring is 1. The molecule has 0 saturated carbocycles. The van der Waals surface area contributed by atoms with Crippen molar-refractivity contribution >= 4 is 17.0 Å². The summed E-state index contributed by atoms with van der Waals surface area (Å²) in [5.41, 5.74) is 8.38. The Bertz CT molecular complexity index is 511. The predicted molar refractivity (Wildman–Crippen MR) is 68.7 cm³/mol. The zero-order valence-electron chi connectivity index (χ0n) is 9.26. The van der Waals surface area contributed by atoms with Gasteiger partial charge in [-0.15, -0.1) is 11.3 Å². The molecule has 0 atom stereocenters. The molecule has 4 N–H and O–H groups in total. The van der Waals surface area contributed by atoms with Gasteiger partial charge in [0.1, 0.15) is 5.01 Å². The Morgan fingerprint density at radius 2 is 2.12 bits per heavy atom. The standard InChI is InChI=1S/C12H14N2O2S/c13-9-2-1-8(3-4-15)11(5-9)12-14-6-10(7-16)17-12/h1-2,5-6,15-16H,3-4,7,13H2. The minimum absolute atomic E-state index is 0.00465. The van der Waals surface area contributed by atoms with Crippen molar-refractivity contribution in [1.82, 2.24) is 4.98 Å². The number of aromatic nitrogens is 1. The molecule has 0 saturated heterocycles. The summed E-state index contributed by atoms with van der Waals surface area (Å²) >= 11 is 1.44. The third-order valence-corrected chi connectivity index (χ3v) is 3.47. The highest BCUT2D eigenvalue weighted by Gasteiger charge is 2.09. The lowest BCUT2D eigenvalue weighted by Crippen LogP contribution is -1.96. The molecule has 0 aliphatic heterocycles. The van der Waals surface area contributed by atoms with Gasteiger partial charge in [0.2, 0.25) is 0 Å². The molecule has 5 heteroatoms. The van der Waals surface area contributed by atoms with Crippen LogP contribution in [-0.2, 0) is 13.0 Å². The molecule has 0 radical (unpaired) electrons. The Balaban J connectivity index is 2.44. The number of hydrogen-bond acceptors (Lipinski definition) is 5. The summed E-state index contributed by atoms with van der Waals surface area (Å²) in [7, 11) is 0. The molecule has 0 aliphatic rings. The number of rotatable bonds is 4. The lowest BCUT2D eigenvalue weighted by molar-refractivity contribution is 0.285. The van der Waals surface area contributed by atoms with E-state index in [9.17, 15) is 0 Å². The van der Waals surface area contributed by atoms with Crippen LogP contribution in [0.15, 0.2) is 24.4 Å². The summed E-state index contributed by atoms with van der Waals surface area (Å²) < 4.78 is 0. The fourth-order valence-corrected chi connectivity index (χ4v) is 2.46. The average molecular weight is 250 g/mol. The molecule has 4 nitrogen and oxygen atoms in total. The first-order valence-corrected chi connectivity index (χ1v) is 6.11. The van der Waals surface area contributed by atoms with E-state index >= 15 is 0 Å². The van der Waals surface area contributed by atoms with Crippen molar-refractivity contribution in [2.75, 3.05) is 12.3 Å². The number of thiazole rings is 1. The van der Waals surface area contributed by atoms with Crippen molar-refractivity contribution in [1.29, 1.82) is 0 Å². The number of nitrogens with zero attached hydrogens (tertiary/aromatic N) is 1. The van der Waals surface area contributed by atoms with Crippen LogP contribution in [0.4, 0.5) is 5.69 Å². The Kier molecular flexibility index (Phi) is 3.73. The van der Waals surface area contributed by atoms with Crippen molar-refractivity contribution in [3.63, 3.8) is 0 Å². The lowest BCUT2D eigenvalue weighted by Gasteiger charge is -2.06. The normalized spacial score (nSPS) is 10.7. The van der Waals surface area contributed by atoms with Crippen molar-refractivity contribution in [3.8, 4) is 10.6 Å². The van der Waals surface area contributed by atoms with Gasteiger partial charge in [0.05, 0.1) is 11.5 Å². The van der Waals surface area contributed by atoms with Crippen LogP contribution in [0.25, 0.3) is 10.6 Å². The van der Waals surface area contributed by atoms with Crippen LogP contribution in [0.1, 0.15) is 10.4 Å². The van der Waals surface area contributed by atoms with Crippen LogP contribution >= 0.6 is 11.3 Å². The highest BCUT2D eigenvalue weighted by molar-refractivity contribution is 7.15. The van der Waals surface area contributed by atoms with Crippen molar-refractivity contribution < 1.29 is 10.2 Å². The lowest BCUT2D eigenvalue weighted by atomic mass is 10.0. The summed E-state index contributed by atoms with van der Waals surface area (Å²) in [6.45, 7) is 0.0878. The second-order valence-electron chi connectivity index (χ2n) is 3.68. The first-order chi connectivity index (χ1) is 8.24. The van der Waals surface area contributed by atoms with E-state index < -0.39 is 0 Å². The van der Waals surface area contributed by atoms with Crippen LogP contribution in [0.3, 0.4) is 0 Å². The second-order valence-corrected chi connectivity index (χ2v) is 4.80. The molecule has 1 aromatic heterocycles. The number of aliphatic hydroxyl groups is 2. The quantitative estimate of drug-likeness (QED) is 0.717. The molecule has 2 rings (SSSR count). The van der Waals surface area contributed by atoms with Crippen LogP contribution in [0.2, 0.25) is 0 Å². The molecule has 0 aliphatic carbocycles. The van der Waals surface area contributed by atoms with Crippen LogP contribution in [0.5, 0.6) is 0 Å². The van der Waals surface area contributed by atoms with Gasteiger partial charge in [0.25, 0.3) is 0 Å². The Morgan fingerprint density at radius 3 is 2.76 bits per heavy atom. The van der Waals surface area contributed by atoms with E-state index in [-0.39, 0.29) is 13.2 Å². The van der Waals surface area contributed by atoms with Crippen LogP contribution < -0.4 is 5.73 Å². The smallest absolute Gasteiger partial charge is 0.123 e. The van der Waals surface area contributed by atoms with Gasteiger partial charge < -0.3 is 15.9 Å². The molecule has 90 valence electrons. The first-order valence-electron chi connectivity index (χ1n) is 5.30. The third kappa shape index (κ3) is 2.63.